The Balaban J connectivity index is 1.49. The molecule has 4 rings (SSSR count). The summed E-state index contributed by atoms with van der Waals surface area (Å²) < 4.78 is 24.9. The van der Waals surface area contributed by atoms with Gasteiger partial charge in [0, 0.05) is 57.8 Å². The van der Waals surface area contributed by atoms with Gasteiger partial charge in [0.05, 0.1) is 5.02 Å². The average molecular weight is 587 g/mol. The van der Waals surface area contributed by atoms with Crippen molar-refractivity contribution in [1.82, 2.24) is 25.6 Å². The van der Waals surface area contributed by atoms with Crippen LogP contribution in [0.4, 0.5) is 19.8 Å². The highest BCUT2D eigenvalue weighted by Gasteiger charge is 2.44. The number of nitrogens with one attached hydrogen (secondary N) is 3. The Bertz CT molecular complexity index is 1340. The van der Waals surface area contributed by atoms with E-state index in [1.54, 1.807) is 19.2 Å². The molecule has 3 amide bonds. The fourth-order valence-corrected chi connectivity index (χ4v) is 4.92. The maximum absolute atomic E-state index is 13.9. The van der Waals surface area contributed by atoms with Crippen LogP contribution in [0.5, 0.6) is 0 Å². The largest absolute Gasteiger partial charge is 0.445 e. The SMILES string of the molecule is CN(C(=O)NCc1cccc(F)c1Cl)[C@@](CCC=O)(COC(=O)Nc1cc(-c2ccccc2)on1)N1CCNCC1. The maximum Gasteiger partial charge on any atom is 0.413 e. The van der Waals surface area contributed by atoms with Crippen LogP contribution >= 0.6 is 11.6 Å². The summed E-state index contributed by atoms with van der Waals surface area (Å²) in [6.45, 7) is 2.11. The van der Waals surface area contributed by atoms with Crippen molar-refractivity contribution in [1.29, 1.82) is 0 Å². The molecule has 1 aliphatic heterocycles. The molecule has 0 saturated carbocycles. The quantitative estimate of drug-likeness (QED) is 0.286. The average Bonchev–Trinajstić information content (AvgIpc) is 3.47. The zero-order valence-corrected chi connectivity index (χ0v) is 23.3. The number of carbonyl (C=O) groups excluding carboxylic acids is 3. The predicted octanol–water partition coefficient (Wildman–Crippen LogP) is 4.10. The third-order valence-corrected chi connectivity index (χ3v) is 7.42. The second-order valence-corrected chi connectivity index (χ2v) is 9.88. The molecule has 2 heterocycles. The molecule has 11 nitrogen and oxygen atoms in total. The highest BCUT2D eigenvalue weighted by Crippen LogP contribution is 2.28. The third kappa shape index (κ3) is 7.40. The van der Waals surface area contributed by atoms with E-state index in [0.717, 1.165) is 11.8 Å². The van der Waals surface area contributed by atoms with E-state index in [9.17, 15) is 18.8 Å². The molecule has 0 bridgehead atoms. The minimum atomic E-state index is -1.16. The first-order valence-electron chi connectivity index (χ1n) is 13.1. The molecule has 41 heavy (non-hydrogen) atoms. The Morgan fingerprint density at radius 2 is 1.98 bits per heavy atom. The van der Waals surface area contributed by atoms with Gasteiger partial charge in [-0.25, -0.2) is 14.0 Å². The summed E-state index contributed by atoms with van der Waals surface area (Å²) in [4.78, 5) is 41.2. The number of hydrogen-bond acceptors (Lipinski definition) is 8. The van der Waals surface area contributed by atoms with E-state index in [1.165, 1.54) is 17.0 Å². The van der Waals surface area contributed by atoms with Crippen molar-refractivity contribution >= 4 is 35.8 Å². The molecule has 1 fully saturated rings. The normalized spacial score (nSPS) is 15.0. The number of ether oxygens (including phenoxy) is 1. The highest BCUT2D eigenvalue weighted by molar-refractivity contribution is 6.31. The number of aldehydes is 1. The van der Waals surface area contributed by atoms with E-state index in [4.69, 9.17) is 20.9 Å². The van der Waals surface area contributed by atoms with Crippen LogP contribution in [0.15, 0.2) is 59.1 Å². The van der Waals surface area contributed by atoms with Gasteiger partial charge in [0.15, 0.2) is 11.6 Å². The lowest BCUT2D eigenvalue weighted by Crippen LogP contribution is -2.68. The van der Waals surface area contributed by atoms with Gasteiger partial charge >= 0.3 is 12.1 Å². The highest BCUT2D eigenvalue weighted by atomic mass is 35.5. The lowest BCUT2D eigenvalue weighted by molar-refractivity contribution is -0.111. The summed E-state index contributed by atoms with van der Waals surface area (Å²) in [6.07, 6.45) is 0.280. The van der Waals surface area contributed by atoms with Crippen molar-refractivity contribution in [3.8, 4) is 11.3 Å². The second kappa shape index (κ2) is 14.1. The van der Waals surface area contributed by atoms with Gasteiger partial charge in [-0.15, -0.1) is 0 Å². The van der Waals surface area contributed by atoms with Crippen molar-refractivity contribution < 1.29 is 28.0 Å². The Morgan fingerprint density at radius 1 is 1.22 bits per heavy atom. The molecule has 1 saturated heterocycles. The molecule has 13 heteroatoms. The monoisotopic (exact) mass is 586 g/mol. The van der Waals surface area contributed by atoms with Crippen LogP contribution in [-0.4, -0.2) is 78.9 Å². The molecule has 218 valence electrons. The number of rotatable bonds is 11. The minimum absolute atomic E-state index is 0.0255. The Hall–Kier alpha value is -4.00. The number of hydrogen-bond donors (Lipinski definition) is 3. The van der Waals surface area contributed by atoms with Crippen molar-refractivity contribution in [2.45, 2.75) is 25.0 Å². The molecule has 1 aromatic heterocycles. The third-order valence-electron chi connectivity index (χ3n) is 6.99. The van der Waals surface area contributed by atoms with Gasteiger partial charge in [0.2, 0.25) is 0 Å². The zero-order chi connectivity index (χ0) is 29.2. The van der Waals surface area contributed by atoms with Gasteiger partial charge < -0.3 is 29.6 Å². The van der Waals surface area contributed by atoms with Gasteiger partial charge in [0.25, 0.3) is 0 Å². The smallest absolute Gasteiger partial charge is 0.413 e. The minimum Gasteiger partial charge on any atom is -0.445 e. The first kappa shape index (κ1) is 30.0. The van der Waals surface area contributed by atoms with E-state index >= 15 is 0 Å². The summed E-state index contributed by atoms with van der Waals surface area (Å²) in [5, 5.41) is 12.4. The fourth-order valence-electron chi connectivity index (χ4n) is 4.73. The zero-order valence-electron chi connectivity index (χ0n) is 22.6. The number of anilines is 1. The molecule has 0 radical (unpaired) electrons. The molecule has 0 unspecified atom stereocenters. The van der Waals surface area contributed by atoms with E-state index in [0.29, 0.717) is 37.5 Å². The molecule has 0 aliphatic carbocycles. The molecule has 1 aliphatic rings. The van der Waals surface area contributed by atoms with Crippen molar-refractivity contribution in [2.24, 2.45) is 0 Å². The first-order valence-corrected chi connectivity index (χ1v) is 13.5. The number of piperazine rings is 1. The van der Waals surface area contributed by atoms with Gasteiger partial charge in [-0.1, -0.05) is 59.2 Å². The summed E-state index contributed by atoms with van der Waals surface area (Å²) in [5.74, 6) is 0.0415. The van der Waals surface area contributed by atoms with E-state index in [2.05, 4.69) is 21.1 Å². The van der Waals surface area contributed by atoms with Crippen LogP contribution in [0, 0.1) is 5.82 Å². The second-order valence-electron chi connectivity index (χ2n) is 9.50. The standard InChI is InChI=1S/C28H32ClFN6O5/c1-35(26(38)32-18-21-9-5-10-22(30)25(21)29)28(11-6-16-37,36-14-12-31-13-15-36)19-40-27(39)33-24-17-23(41-34-24)20-7-3-2-4-8-20/h2-5,7-10,16-17,31H,6,11-15,18-19H2,1H3,(H,32,38)(H,33,34,39)/t28-/m1/s1. The fraction of sp³-hybridized carbons (Fsp3) is 0.357. The van der Waals surface area contributed by atoms with Crippen LogP contribution < -0.4 is 16.0 Å². The van der Waals surface area contributed by atoms with Gasteiger partial charge in [-0.2, -0.15) is 0 Å². The number of likely N-dealkylation sites (N-methyl/N-ethyl adjacent to an activating group) is 1. The van der Waals surface area contributed by atoms with Gasteiger partial charge in [-0.3, -0.25) is 10.2 Å². The summed E-state index contributed by atoms with van der Waals surface area (Å²) in [5.41, 5.74) is 0.0437. The van der Waals surface area contributed by atoms with Gasteiger partial charge in [0.1, 0.15) is 24.4 Å². The number of urea groups is 1. The Labute approximate surface area is 241 Å². The number of aromatic nitrogens is 1. The Kier molecular flexibility index (Phi) is 10.3. The Morgan fingerprint density at radius 3 is 2.71 bits per heavy atom. The predicted molar refractivity (Wildman–Crippen MR) is 151 cm³/mol. The van der Waals surface area contributed by atoms with E-state index < -0.39 is 23.6 Å². The molecular weight excluding hydrogens is 555 g/mol. The van der Waals surface area contributed by atoms with Crippen molar-refractivity contribution in [3.05, 3.63) is 71.0 Å². The molecule has 1 atom stereocenters. The molecule has 2 aromatic carbocycles. The van der Waals surface area contributed by atoms with E-state index in [1.807, 2.05) is 35.2 Å². The first-order chi connectivity index (χ1) is 19.8. The topological polar surface area (TPSA) is 129 Å². The number of halogens is 2. The summed E-state index contributed by atoms with van der Waals surface area (Å²) >= 11 is 6.05. The number of nitrogens with zero attached hydrogens (tertiary/aromatic N) is 3. The lowest BCUT2D eigenvalue weighted by Gasteiger charge is -2.50. The molecular formula is C28H32ClFN6O5. The van der Waals surface area contributed by atoms with Crippen molar-refractivity contribution in [2.75, 3.05) is 45.2 Å². The van der Waals surface area contributed by atoms with Crippen molar-refractivity contribution in [3.63, 3.8) is 0 Å². The lowest BCUT2D eigenvalue weighted by atomic mass is 9.99. The van der Waals surface area contributed by atoms with Crippen LogP contribution in [0.2, 0.25) is 5.02 Å². The van der Waals surface area contributed by atoms with Gasteiger partial charge in [-0.05, 0) is 18.1 Å². The molecule has 0 spiro atoms. The van der Waals surface area contributed by atoms with Crippen LogP contribution in [-0.2, 0) is 16.1 Å². The number of benzene rings is 2. The number of amides is 3. The van der Waals surface area contributed by atoms with Crippen LogP contribution in [0.1, 0.15) is 18.4 Å². The van der Waals surface area contributed by atoms with Crippen LogP contribution in [0.25, 0.3) is 11.3 Å². The van der Waals surface area contributed by atoms with Crippen LogP contribution in [0.3, 0.4) is 0 Å². The maximum atomic E-state index is 13.9. The molecule has 3 aromatic rings. The summed E-state index contributed by atoms with van der Waals surface area (Å²) in [7, 11) is 1.57. The molecule has 3 N–H and O–H groups in total. The van der Waals surface area contributed by atoms with E-state index in [-0.39, 0.29) is 36.8 Å². The summed E-state index contributed by atoms with van der Waals surface area (Å²) in [6, 6.07) is 14.7. The number of carbonyl (C=O) groups is 3.